The summed E-state index contributed by atoms with van der Waals surface area (Å²) in [5.41, 5.74) is 5.58. The molecule has 168 valence electrons. The van der Waals surface area contributed by atoms with Gasteiger partial charge in [-0.3, -0.25) is 15.0 Å². The van der Waals surface area contributed by atoms with Gasteiger partial charge in [-0.05, 0) is 62.6 Å². The Hall–Kier alpha value is -2.61. The number of rotatable bonds is 4. The summed E-state index contributed by atoms with van der Waals surface area (Å²) in [5.74, 6) is -0.0442. The molecule has 31 heavy (non-hydrogen) atoms. The van der Waals surface area contributed by atoms with Crippen molar-refractivity contribution in [1.29, 1.82) is 0 Å². The molecule has 1 saturated carbocycles. The molecule has 1 spiro atoms. The van der Waals surface area contributed by atoms with E-state index >= 15 is 0 Å². The van der Waals surface area contributed by atoms with Gasteiger partial charge in [0.2, 0.25) is 0 Å². The highest BCUT2D eigenvalue weighted by Gasteiger charge is 2.53. The number of anilines is 1. The number of aryl methyl sites for hydroxylation is 1. The van der Waals surface area contributed by atoms with E-state index in [0.717, 1.165) is 48.9 Å². The second-order valence-corrected chi connectivity index (χ2v) is 9.50. The van der Waals surface area contributed by atoms with Gasteiger partial charge in [-0.2, -0.15) is 5.01 Å². The largest absolute Gasteiger partial charge is 0.360 e. The molecule has 4 rings (SSSR count). The van der Waals surface area contributed by atoms with E-state index in [1.807, 2.05) is 0 Å². The molecule has 0 unspecified atom stereocenters. The molecule has 1 aromatic carbocycles. The fourth-order valence-electron chi connectivity index (χ4n) is 5.03. The maximum Gasteiger partial charge on any atom is 0.344 e. The summed E-state index contributed by atoms with van der Waals surface area (Å²) >= 11 is 0. The van der Waals surface area contributed by atoms with Gasteiger partial charge in [-0.15, -0.1) is 0 Å². The first kappa shape index (κ1) is 21.6. The molecule has 8 nitrogen and oxygen atoms in total. The highest BCUT2D eigenvalue weighted by Crippen LogP contribution is 2.35. The van der Waals surface area contributed by atoms with Crippen molar-refractivity contribution >= 4 is 23.5 Å². The third kappa shape index (κ3) is 4.26. The highest BCUT2D eigenvalue weighted by atomic mass is 16.2. The lowest BCUT2D eigenvalue weighted by Gasteiger charge is -2.34. The highest BCUT2D eigenvalue weighted by molar-refractivity contribution is 6.08. The minimum Gasteiger partial charge on any atom is -0.360 e. The molecule has 2 saturated heterocycles. The summed E-state index contributed by atoms with van der Waals surface area (Å²) in [4.78, 5) is 41.4. The van der Waals surface area contributed by atoms with E-state index in [2.05, 4.69) is 54.6 Å². The number of amides is 4. The lowest BCUT2D eigenvalue weighted by Crippen LogP contribution is -3.16. The minimum absolute atomic E-state index is 0.252. The molecular weight excluding hydrogens is 394 g/mol. The molecule has 3 fully saturated rings. The number of carbonyl (C=O) groups excluding carboxylic acids is 3. The number of piperazine rings is 1. The molecule has 3 aliphatic rings. The number of hydrazine groups is 1. The van der Waals surface area contributed by atoms with Gasteiger partial charge in [0.25, 0.3) is 11.8 Å². The number of hydrogen-bond acceptors (Lipinski definition) is 4. The number of benzene rings is 1. The molecular formula is C23H34N5O3+. The van der Waals surface area contributed by atoms with E-state index < -0.39 is 11.6 Å². The molecule has 4 amide bonds. The Bertz CT molecular complexity index is 870. The van der Waals surface area contributed by atoms with Crippen LogP contribution in [0, 0.1) is 19.8 Å². The monoisotopic (exact) mass is 428 g/mol. The van der Waals surface area contributed by atoms with Crippen LogP contribution in [-0.4, -0.2) is 61.1 Å². The summed E-state index contributed by atoms with van der Waals surface area (Å²) in [6, 6.07) is 5.85. The summed E-state index contributed by atoms with van der Waals surface area (Å²) in [6.07, 6.45) is 3.08. The van der Waals surface area contributed by atoms with Crippen molar-refractivity contribution < 1.29 is 19.3 Å². The lowest BCUT2D eigenvalue weighted by atomic mass is 9.77. The van der Waals surface area contributed by atoms with Gasteiger partial charge in [-0.25, -0.2) is 4.79 Å². The third-order valence-electron chi connectivity index (χ3n) is 7.32. The van der Waals surface area contributed by atoms with Crippen LogP contribution in [0.1, 0.15) is 43.7 Å². The van der Waals surface area contributed by atoms with Gasteiger partial charge >= 0.3 is 6.03 Å². The second-order valence-electron chi connectivity index (χ2n) is 9.50. The van der Waals surface area contributed by atoms with Gasteiger partial charge in [0.15, 0.2) is 6.54 Å². The number of urea groups is 1. The van der Waals surface area contributed by atoms with Crippen molar-refractivity contribution in [1.82, 2.24) is 15.8 Å². The van der Waals surface area contributed by atoms with Crippen molar-refractivity contribution in [3.8, 4) is 0 Å². The van der Waals surface area contributed by atoms with E-state index in [4.69, 9.17) is 0 Å². The number of quaternary nitrogens is 1. The first-order valence-corrected chi connectivity index (χ1v) is 11.4. The Morgan fingerprint density at radius 2 is 1.87 bits per heavy atom. The maximum absolute atomic E-state index is 12.9. The molecule has 0 bridgehead atoms. The van der Waals surface area contributed by atoms with Crippen molar-refractivity contribution in [2.45, 2.75) is 52.0 Å². The molecule has 0 aromatic heterocycles. The molecule has 0 radical (unpaired) electrons. The number of carbonyl (C=O) groups is 3. The second kappa shape index (κ2) is 8.49. The van der Waals surface area contributed by atoms with Crippen molar-refractivity contribution in [3.63, 3.8) is 0 Å². The summed E-state index contributed by atoms with van der Waals surface area (Å²) < 4.78 is 0. The van der Waals surface area contributed by atoms with Gasteiger partial charge in [-0.1, -0.05) is 19.1 Å². The van der Waals surface area contributed by atoms with Gasteiger partial charge in [0.05, 0.1) is 26.2 Å². The van der Waals surface area contributed by atoms with Gasteiger partial charge in [0, 0.05) is 5.69 Å². The maximum atomic E-state index is 12.9. The Morgan fingerprint density at radius 3 is 2.55 bits per heavy atom. The van der Waals surface area contributed by atoms with Crippen LogP contribution in [0.15, 0.2) is 18.2 Å². The van der Waals surface area contributed by atoms with Crippen LogP contribution in [0.4, 0.5) is 10.5 Å². The van der Waals surface area contributed by atoms with E-state index in [9.17, 15) is 14.4 Å². The SMILES string of the molecule is Cc1cccc(N2CC[NH+](CC(=O)NN3C(=O)NC4(CCC(C)CC4)C3=O)CC2)c1C. The molecule has 2 heterocycles. The van der Waals surface area contributed by atoms with Gasteiger partial charge in [0.1, 0.15) is 5.54 Å². The minimum atomic E-state index is -0.832. The standard InChI is InChI=1S/C23H33N5O3/c1-16-7-9-23(10-8-16)21(30)28(22(31)24-23)25-20(29)15-26-11-13-27(14-12-26)19-6-4-5-17(2)18(19)3/h4-6,16H,7-15H2,1-3H3,(H,24,31)(H,25,29)/p+1. The summed E-state index contributed by atoms with van der Waals surface area (Å²) in [6.45, 7) is 10.1. The fourth-order valence-corrected chi connectivity index (χ4v) is 5.03. The molecule has 2 aliphatic heterocycles. The van der Waals surface area contributed by atoms with Crippen LogP contribution in [0.2, 0.25) is 0 Å². The number of imide groups is 1. The average molecular weight is 429 g/mol. The zero-order chi connectivity index (χ0) is 22.2. The van der Waals surface area contributed by atoms with E-state index in [1.54, 1.807) is 0 Å². The Balaban J connectivity index is 1.29. The van der Waals surface area contributed by atoms with Crippen LogP contribution in [0.25, 0.3) is 0 Å². The van der Waals surface area contributed by atoms with Crippen LogP contribution < -0.4 is 20.5 Å². The first-order chi connectivity index (χ1) is 14.8. The quantitative estimate of drug-likeness (QED) is 0.611. The van der Waals surface area contributed by atoms with Crippen LogP contribution >= 0.6 is 0 Å². The van der Waals surface area contributed by atoms with Crippen LogP contribution in [0.3, 0.4) is 0 Å². The Morgan fingerprint density at radius 1 is 1.19 bits per heavy atom. The molecule has 3 N–H and O–H groups in total. The predicted molar refractivity (Wildman–Crippen MR) is 118 cm³/mol. The number of hydrogen-bond donors (Lipinski definition) is 3. The summed E-state index contributed by atoms with van der Waals surface area (Å²) in [7, 11) is 0. The summed E-state index contributed by atoms with van der Waals surface area (Å²) in [5, 5.41) is 3.75. The molecule has 1 aliphatic carbocycles. The Kier molecular flexibility index (Phi) is 5.92. The van der Waals surface area contributed by atoms with Crippen LogP contribution in [0.5, 0.6) is 0 Å². The average Bonchev–Trinajstić information content (AvgIpc) is 2.97. The zero-order valence-electron chi connectivity index (χ0n) is 18.8. The Labute approximate surface area is 183 Å². The van der Waals surface area contributed by atoms with E-state index in [-0.39, 0.29) is 18.4 Å². The van der Waals surface area contributed by atoms with Crippen molar-refractivity contribution in [2.24, 2.45) is 5.92 Å². The molecule has 8 heteroatoms. The topological polar surface area (TPSA) is 86.2 Å². The fraction of sp³-hybridized carbons (Fsp3) is 0.609. The number of nitrogens with zero attached hydrogens (tertiary/aromatic N) is 2. The number of nitrogens with one attached hydrogen (secondary N) is 3. The molecule has 0 atom stereocenters. The van der Waals surface area contributed by atoms with E-state index in [1.165, 1.54) is 16.8 Å². The van der Waals surface area contributed by atoms with E-state index in [0.29, 0.717) is 18.8 Å². The van der Waals surface area contributed by atoms with Crippen molar-refractivity contribution in [3.05, 3.63) is 29.3 Å². The van der Waals surface area contributed by atoms with Gasteiger partial charge < -0.3 is 15.1 Å². The van der Waals surface area contributed by atoms with Crippen LogP contribution in [-0.2, 0) is 9.59 Å². The third-order valence-corrected chi connectivity index (χ3v) is 7.32. The first-order valence-electron chi connectivity index (χ1n) is 11.4. The lowest BCUT2D eigenvalue weighted by molar-refractivity contribution is -0.892. The zero-order valence-corrected chi connectivity index (χ0v) is 18.8. The predicted octanol–water partition coefficient (Wildman–Crippen LogP) is 0.540. The molecule has 1 aromatic rings. The normalized spacial score (nSPS) is 27.0. The smallest absolute Gasteiger partial charge is 0.344 e. The van der Waals surface area contributed by atoms with Crippen molar-refractivity contribution in [2.75, 3.05) is 37.6 Å².